The number of hydrogen-bond donors (Lipinski definition) is 2. The van der Waals surface area contributed by atoms with Gasteiger partial charge in [-0.3, -0.25) is 9.59 Å². The molecule has 0 heterocycles. The second-order valence-electron chi connectivity index (χ2n) is 4.95. The van der Waals surface area contributed by atoms with E-state index in [1.165, 1.54) is 6.21 Å². The number of amides is 2. The lowest BCUT2D eigenvalue weighted by atomic mass is 10.2. The van der Waals surface area contributed by atoms with Crippen molar-refractivity contribution in [3.8, 4) is 5.75 Å². The van der Waals surface area contributed by atoms with Gasteiger partial charge in [-0.2, -0.15) is 5.10 Å². The van der Waals surface area contributed by atoms with Gasteiger partial charge in [0.25, 0.3) is 5.91 Å². The van der Waals surface area contributed by atoms with Gasteiger partial charge in [0.1, 0.15) is 5.75 Å². The molecule has 0 radical (unpaired) electrons. The quantitative estimate of drug-likeness (QED) is 0.633. The molecule has 0 aliphatic carbocycles. The molecule has 0 saturated carbocycles. The highest BCUT2D eigenvalue weighted by Crippen LogP contribution is 2.11. The Morgan fingerprint density at radius 1 is 1.17 bits per heavy atom. The van der Waals surface area contributed by atoms with Crippen molar-refractivity contribution in [1.29, 1.82) is 0 Å². The number of nitrogens with one attached hydrogen (secondary N) is 2. The molecule has 0 fully saturated rings. The van der Waals surface area contributed by atoms with Crippen LogP contribution in [0.2, 0.25) is 0 Å². The second kappa shape index (κ2) is 8.47. The van der Waals surface area contributed by atoms with Crippen LogP contribution in [0.1, 0.15) is 29.3 Å². The van der Waals surface area contributed by atoms with E-state index in [4.69, 9.17) is 4.74 Å². The molecular weight excluding hydrogens is 306 g/mol. The number of nitrogens with zero attached hydrogens (tertiary/aromatic N) is 1. The largest absolute Gasteiger partial charge is 0.497 e. The summed E-state index contributed by atoms with van der Waals surface area (Å²) >= 11 is 0. The Morgan fingerprint density at radius 2 is 1.92 bits per heavy atom. The molecule has 0 aliphatic heterocycles. The predicted molar refractivity (Wildman–Crippen MR) is 93.4 cm³/mol. The Hall–Kier alpha value is -3.15. The normalized spacial score (nSPS) is 10.4. The number of hydrogen-bond acceptors (Lipinski definition) is 4. The second-order valence-corrected chi connectivity index (χ2v) is 4.95. The van der Waals surface area contributed by atoms with Gasteiger partial charge in [-0.05, 0) is 42.0 Å². The van der Waals surface area contributed by atoms with Crippen LogP contribution in [0.5, 0.6) is 5.75 Å². The van der Waals surface area contributed by atoms with Crippen molar-refractivity contribution in [2.45, 2.75) is 13.3 Å². The fourth-order valence-corrected chi connectivity index (χ4v) is 1.91. The van der Waals surface area contributed by atoms with E-state index in [-0.39, 0.29) is 11.8 Å². The molecule has 2 N–H and O–H groups in total. The van der Waals surface area contributed by atoms with Crippen molar-refractivity contribution in [2.24, 2.45) is 5.10 Å². The van der Waals surface area contributed by atoms with Gasteiger partial charge in [0.15, 0.2) is 0 Å². The van der Waals surface area contributed by atoms with Crippen LogP contribution in [0.15, 0.2) is 53.6 Å². The molecule has 0 unspecified atom stereocenters. The average Bonchev–Trinajstić information content (AvgIpc) is 2.62. The Balaban J connectivity index is 1.94. The molecule has 0 bridgehead atoms. The van der Waals surface area contributed by atoms with Gasteiger partial charge < -0.3 is 10.1 Å². The molecular formula is C18H19N3O3. The van der Waals surface area contributed by atoms with Crippen molar-refractivity contribution in [3.63, 3.8) is 0 Å². The highest BCUT2D eigenvalue weighted by molar-refractivity contribution is 5.96. The summed E-state index contributed by atoms with van der Waals surface area (Å²) in [4.78, 5) is 23.3. The Morgan fingerprint density at radius 3 is 2.58 bits per heavy atom. The highest BCUT2D eigenvalue weighted by Gasteiger charge is 2.05. The first kappa shape index (κ1) is 17.2. The van der Waals surface area contributed by atoms with Crippen LogP contribution in [-0.4, -0.2) is 25.1 Å². The molecule has 2 aromatic rings. The number of benzene rings is 2. The minimum Gasteiger partial charge on any atom is -0.497 e. The van der Waals surface area contributed by atoms with Gasteiger partial charge in [0, 0.05) is 17.7 Å². The zero-order valence-electron chi connectivity index (χ0n) is 13.6. The number of carbonyl (C=O) groups excluding carboxylic acids is 2. The average molecular weight is 325 g/mol. The summed E-state index contributed by atoms with van der Waals surface area (Å²) in [6, 6.07) is 13.9. The maximum atomic E-state index is 12.0. The zero-order valence-corrected chi connectivity index (χ0v) is 13.6. The Kier molecular flexibility index (Phi) is 6.08. The van der Waals surface area contributed by atoms with Crippen LogP contribution in [0.25, 0.3) is 0 Å². The molecule has 0 spiro atoms. The van der Waals surface area contributed by atoms with Crippen molar-refractivity contribution in [1.82, 2.24) is 5.43 Å². The molecule has 6 heteroatoms. The molecule has 24 heavy (non-hydrogen) atoms. The first-order chi connectivity index (χ1) is 11.6. The first-order valence-corrected chi connectivity index (χ1v) is 7.49. The Bertz CT molecular complexity index is 739. The number of hydrazone groups is 1. The lowest BCUT2D eigenvalue weighted by molar-refractivity contribution is -0.115. The lowest BCUT2D eigenvalue weighted by Crippen LogP contribution is -2.17. The Labute approximate surface area is 140 Å². The minimum atomic E-state index is -0.331. The van der Waals surface area contributed by atoms with Gasteiger partial charge in [-0.25, -0.2) is 5.43 Å². The fourth-order valence-electron chi connectivity index (χ4n) is 1.91. The molecule has 2 rings (SSSR count). The van der Waals surface area contributed by atoms with Crippen LogP contribution in [0.4, 0.5) is 5.69 Å². The SMILES string of the molecule is CCC(=O)Nc1ccc(C(=O)N/N=C\c2cccc(OC)c2)cc1. The van der Waals surface area contributed by atoms with Crippen molar-refractivity contribution >= 4 is 23.7 Å². The zero-order chi connectivity index (χ0) is 17.4. The minimum absolute atomic E-state index is 0.0740. The molecule has 2 aromatic carbocycles. The predicted octanol–water partition coefficient (Wildman–Crippen LogP) is 2.81. The third-order valence-electron chi connectivity index (χ3n) is 3.23. The van der Waals surface area contributed by atoms with Gasteiger partial charge in [0.05, 0.1) is 13.3 Å². The maximum absolute atomic E-state index is 12.0. The molecule has 124 valence electrons. The standard InChI is InChI=1S/C18H19N3O3/c1-3-17(22)20-15-9-7-14(8-10-15)18(23)21-19-12-13-5-4-6-16(11-13)24-2/h4-12H,3H2,1-2H3,(H,20,22)(H,21,23)/b19-12-. The maximum Gasteiger partial charge on any atom is 0.271 e. The van der Waals surface area contributed by atoms with E-state index in [0.717, 1.165) is 11.3 Å². The van der Waals surface area contributed by atoms with Crippen LogP contribution >= 0.6 is 0 Å². The number of rotatable bonds is 6. The summed E-state index contributed by atoms with van der Waals surface area (Å²) in [5.41, 5.74) is 4.37. The number of anilines is 1. The lowest BCUT2D eigenvalue weighted by Gasteiger charge is -2.05. The van der Waals surface area contributed by atoms with Crippen molar-refractivity contribution < 1.29 is 14.3 Å². The molecule has 6 nitrogen and oxygen atoms in total. The number of ether oxygens (including phenoxy) is 1. The highest BCUT2D eigenvalue weighted by atomic mass is 16.5. The molecule has 0 aromatic heterocycles. The van der Waals surface area contributed by atoms with Gasteiger partial charge in [-0.1, -0.05) is 19.1 Å². The van der Waals surface area contributed by atoms with E-state index >= 15 is 0 Å². The van der Waals surface area contributed by atoms with E-state index < -0.39 is 0 Å². The summed E-state index contributed by atoms with van der Waals surface area (Å²) in [6.07, 6.45) is 1.94. The molecule has 0 aliphatic rings. The molecule has 0 atom stereocenters. The smallest absolute Gasteiger partial charge is 0.271 e. The summed E-state index contributed by atoms with van der Waals surface area (Å²) in [5, 5.41) is 6.65. The van der Waals surface area contributed by atoms with Crippen LogP contribution in [-0.2, 0) is 4.79 Å². The number of methoxy groups -OCH3 is 1. The topological polar surface area (TPSA) is 79.8 Å². The van der Waals surface area contributed by atoms with Gasteiger partial charge >= 0.3 is 0 Å². The summed E-state index contributed by atoms with van der Waals surface area (Å²) in [6.45, 7) is 1.78. The monoisotopic (exact) mass is 325 g/mol. The summed E-state index contributed by atoms with van der Waals surface area (Å²) in [5.74, 6) is 0.313. The van der Waals surface area contributed by atoms with Crippen LogP contribution in [0.3, 0.4) is 0 Å². The third-order valence-corrected chi connectivity index (χ3v) is 3.23. The van der Waals surface area contributed by atoms with Gasteiger partial charge in [-0.15, -0.1) is 0 Å². The van der Waals surface area contributed by atoms with E-state index in [9.17, 15) is 9.59 Å². The van der Waals surface area contributed by atoms with Crippen LogP contribution in [0, 0.1) is 0 Å². The number of carbonyl (C=O) groups is 2. The van der Waals surface area contributed by atoms with E-state index in [1.54, 1.807) is 44.4 Å². The van der Waals surface area contributed by atoms with E-state index in [1.807, 2.05) is 18.2 Å². The summed E-state index contributed by atoms with van der Waals surface area (Å²) < 4.78 is 5.12. The molecule has 2 amide bonds. The van der Waals surface area contributed by atoms with Crippen molar-refractivity contribution in [3.05, 3.63) is 59.7 Å². The van der Waals surface area contributed by atoms with Crippen LogP contribution < -0.4 is 15.5 Å². The van der Waals surface area contributed by atoms with Gasteiger partial charge in [0.2, 0.25) is 5.91 Å². The third kappa shape index (κ3) is 4.95. The fraction of sp³-hybridized carbons (Fsp3) is 0.167. The van der Waals surface area contributed by atoms with E-state index in [2.05, 4.69) is 15.8 Å². The van der Waals surface area contributed by atoms with E-state index in [0.29, 0.717) is 17.7 Å². The molecule has 0 saturated heterocycles. The summed E-state index contributed by atoms with van der Waals surface area (Å²) in [7, 11) is 1.59. The first-order valence-electron chi connectivity index (χ1n) is 7.49. The van der Waals surface area contributed by atoms with Crippen molar-refractivity contribution in [2.75, 3.05) is 12.4 Å².